The Balaban J connectivity index is 1.57. The van der Waals surface area contributed by atoms with E-state index in [1.54, 1.807) is 25.3 Å². The second kappa shape index (κ2) is 12.8. The molecule has 3 aromatic carbocycles. The summed E-state index contributed by atoms with van der Waals surface area (Å²) in [4.78, 5) is 2.34. The standard InChI is InChI=1S/C31H36F3NO5/c1-4-19-39-25-9-5-22(6-10-25)21-35-17-15-24(16-18-35)30(36,28-14-13-27(37-2)20-29(28)38-3)23-7-11-26(12-8-23)40-31(32,33)34/h5-14,20,24,36H,4,15-19,21H2,1-3H3/t30-/m0/s1. The number of alkyl halides is 3. The molecule has 1 N–H and O–H groups in total. The summed E-state index contributed by atoms with van der Waals surface area (Å²) >= 11 is 0. The van der Waals surface area contributed by atoms with Crippen molar-refractivity contribution in [3.63, 3.8) is 0 Å². The zero-order valence-electron chi connectivity index (χ0n) is 23.0. The molecule has 0 aromatic heterocycles. The summed E-state index contributed by atoms with van der Waals surface area (Å²) < 4.78 is 59.0. The van der Waals surface area contributed by atoms with Crippen molar-refractivity contribution in [2.24, 2.45) is 5.92 Å². The van der Waals surface area contributed by atoms with Crippen LogP contribution in [0, 0.1) is 5.92 Å². The monoisotopic (exact) mass is 559 g/mol. The summed E-state index contributed by atoms with van der Waals surface area (Å²) in [5, 5.41) is 12.4. The zero-order chi connectivity index (χ0) is 28.8. The number of rotatable bonds is 11. The molecule has 1 aliphatic heterocycles. The second-order valence-corrected chi connectivity index (χ2v) is 9.95. The number of benzene rings is 3. The lowest BCUT2D eigenvalue weighted by atomic mass is 9.71. The van der Waals surface area contributed by atoms with E-state index in [0.717, 1.165) is 31.8 Å². The van der Waals surface area contributed by atoms with Crippen molar-refractivity contribution in [2.45, 2.75) is 44.7 Å². The number of methoxy groups -OCH3 is 2. The van der Waals surface area contributed by atoms with Crippen LogP contribution in [0.2, 0.25) is 0 Å². The quantitative estimate of drug-likeness (QED) is 0.288. The molecule has 0 aliphatic carbocycles. The average Bonchev–Trinajstić information content (AvgIpc) is 2.96. The molecular formula is C31H36F3NO5. The molecule has 1 aliphatic rings. The SMILES string of the molecule is CCCOc1ccc(CN2CCC([C@@](O)(c3ccc(OC(F)(F)F)cc3)c3ccc(OC)cc3OC)CC2)cc1. The van der Waals surface area contributed by atoms with Gasteiger partial charge in [-0.25, -0.2) is 0 Å². The Bertz CT molecular complexity index is 1230. The predicted octanol–water partition coefficient (Wildman–Crippen LogP) is 6.54. The summed E-state index contributed by atoms with van der Waals surface area (Å²) in [6.45, 7) is 5.02. The number of hydrogen-bond acceptors (Lipinski definition) is 6. The summed E-state index contributed by atoms with van der Waals surface area (Å²) in [5.41, 5.74) is 0.654. The number of piperidine rings is 1. The first-order valence-corrected chi connectivity index (χ1v) is 13.4. The predicted molar refractivity (Wildman–Crippen MR) is 146 cm³/mol. The number of nitrogens with zero attached hydrogens (tertiary/aromatic N) is 1. The number of likely N-dealkylation sites (tertiary alicyclic amines) is 1. The first-order chi connectivity index (χ1) is 19.2. The van der Waals surface area contributed by atoms with Crippen LogP contribution in [0.5, 0.6) is 23.0 Å². The fourth-order valence-electron chi connectivity index (χ4n) is 5.31. The van der Waals surface area contributed by atoms with Gasteiger partial charge >= 0.3 is 6.36 Å². The number of halogens is 3. The molecule has 0 bridgehead atoms. The molecule has 1 atom stereocenters. The van der Waals surface area contributed by atoms with Gasteiger partial charge in [0, 0.05) is 18.2 Å². The maximum Gasteiger partial charge on any atom is 0.573 e. The average molecular weight is 560 g/mol. The van der Waals surface area contributed by atoms with E-state index in [1.807, 2.05) is 12.1 Å². The second-order valence-electron chi connectivity index (χ2n) is 9.95. The Morgan fingerprint density at radius 2 is 1.48 bits per heavy atom. The lowest BCUT2D eigenvalue weighted by Crippen LogP contribution is -2.44. The molecule has 6 nitrogen and oxygen atoms in total. The summed E-state index contributed by atoms with van der Waals surface area (Å²) in [6.07, 6.45) is -2.50. The highest BCUT2D eigenvalue weighted by Gasteiger charge is 2.44. The van der Waals surface area contributed by atoms with Crippen molar-refractivity contribution in [3.05, 3.63) is 83.4 Å². The van der Waals surface area contributed by atoms with Gasteiger partial charge in [-0.3, -0.25) is 4.90 Å². The minimum absolute atomic E-state index is 0.217. The van der Waals surface area contributed by atoms with Gasteiger partial charge in [-0.1, -0.05) is 31.2 Å². The van der Waals surface area contributed by atoms with E-state index in [-0.39, 0.29) is 11.7 Å². The van der Waals surface area contributed by atoms with Crippen molar-refractivity contribution in [1.29, 1.82) is 0 Å². The van der Waals surface area contributed by atoms with Crippen molar-refractivity contribution >= 4 is 0 Å². The van der Waals surface area contributed by atoms with Gasteiger partial charge in [-0.15, -0.1) is 13.2 Å². The lowest BCUT2D eigenvalue weighted by molar-refractivity contribution is -0.274. The van der Waals surface area contributed by atoms with Crippen molar-refractivity contribution in [3.8, 4) is 23.0 Å². The molecule has 3 aromatic rings. The van der Waals surface area contributed by atoms with E-state index in [9.17, 15) is 18.3 Å². The number of hydrogen-bond donors (Lipinski definition) is 1. The summed E-state index contributed by atoms with van der Waals surface area (Å²) in [6, 6.07) is 18.7. The first kappa shape index (κ1) is 29.6. The highest BCUT2D eigenvalue weighted by Crippen LogP contribution is 2.46. The largest absolute Gasteiger partial charge is 0.573 e. The Labute approximate surface area is 233 Å². The normalized spacial score (nSPS) is 16.3. The van der Waals surface area contributed by atoms with Crippen LogP contribution in [-0.4, -0.2) is 50.3 Å². The maximum atomic E-state index is 12.8. The maximum absolute atomic E-state index is 12.8. The first-order valence-electron chi connectivity index (χ1n) is 13.4. The van der Waals surface area contributed by atoms with Gasteiger partial charge < -0.3 is 24.1 Å². The van der Waals surface area contributed by atoms with Gasteiger partial charge in [-0.05, 0) is 85.8 Å². The van der Waals surface area contributed by atoms with E-state index in [1.165, 1.54) is 36.9 Å². The Hall–Kier alpha value is -3.43. The van der Waals surface area contributed by atoms with Gasteiger partial charge in [0.25, 0.3) is 0 Å². The molecule has 0 unspecified atom stereocenters. The summed E-state index contributed by atoms with van der Waals surface area (Å²) in [5.74, 6) is 1.30. The Kier molecular flexibility index (Phi) is 9.48. The van der Waals surface area contributed by atoms with Crippen LogP contribution in [0.4, 0.5) is 13.2 Å². The van der Waals surface area contributed by atoms with E-state index >= 15 is 0 Å². The van der Waals surface area contributed by atoms with Gasteiger partial charge in [0.2, 0.25) is 0 Å². The zero-order valence-corrected chi connectivity index (χ0v) is 23.0. The van der Waals surface area contributed by atoms with Crippen LogP contribution in [0.15, 0.2) is 66.7 Å². The molecule has 1 saturated heterocycles. The molecule has 0 amide bonds. The molecule has 1 fully saturated rings. The molecule has 0 saturated carbocycles. The third-order valence-electron chi connectivity index (χ3n) is 7.33. The molecular weight excluding hydrogens is 523 g/mol. The lowest BCUT2D eigenvalue weighted by Gasteiger charge is -2.42. The molecule has 0 spiro atoms. The van der Waals surface area contributed by atoms with Gasteiger partial charge in [0.15, 0.2) is 0 Å². The van der Waals surface area contributed by atoms with E-state index < -0.39 is 12.0 Å². The fraction of sp³-hybridized carbons (Fsp3) is 0.419. The molecule has 0 radical (unpaired) electrons. The topological polar surface area (TPSA) is 60.4 Å². The fourth-order valence-corrected chi connectivity index (χ4v) is 5.31. The highest BCUT2D eigenvalue weighted by atomic mass is 19.4. The molecule has 1 heterocycles. The van der Waals surface area contributed by atoms with Crippen molar-refractivity contribution < 1.29 is 37.2 Å². The van der Waals surface area contributed by atoms with Gasteiger partial charge in [-0.2, -0.15) is 0 Å². The summed E-state index contributed by atoms with van der Waals surface area (Å²) in [7, 11) is 3.06. The third kappa shape index (κ3) is 7.01. The van der Waals surface area contributed by atoms with Crippen LogP contribution in [0.3, 0.4) is 0 Å². The molecule has 4 rings (SSSR count). The van der Waals surface area contributed by atoms with Crippen molar-refractivity contribution in [2.75, 3.05) is 33.9 Å². The highest BCUT2D eigenvalue weighted by molar-refractivity contribution is 5.50. The smallest absolute Gasteiger partial charge is 0.497 e. The van der Waals surface area contributed by atoms with Crippen LogP contribution >= 0.6 is 0 Å². The Morgan fingerprint density at radius 3 is 2.05 bits per heavy atom. The Morgan fingerprint density at radius 1 is 0.850 bits per heavy atom. The van der Waals surface area contributed by atoms with E-state index in [2.05, 4.69) is 28.7 Å². The van der Waals surface area contributed by atoms with Crippen LogP contribution < -0.4 is 18.9 Å². The van der Waals surface area contributed by atoms with Gasteiger partial charge in [0.1, 0.15) is 28.6 Å². The van der Waals surface area contributed by atoms with Crippen molar-refractivity contribution in [1.82, 2.24) is 4.90 Å². The van der Waals surface area contributed by atoms with Gasteiger partial charge in [0.05, 0.1) is 20.8 Å². The van der Waals surface area contributed by atoms with E-state index in [4.69, 9.17) is 14.2 Å². The number of aliphatic hydroxyl groups is 1. The molecule has 9 heteroatoms. The molecule has 40 heavy (non-hydrogen) atoms. The minimum Gasteiger partial charge on any atom is -0.497 e. The van der Waals surface area contributed by atoms with E-state index in [0.29, 0.717) is 42.1 Å². The molecule has 216 valence electrons. The van der Waals surface area contributed by atoms with Crippen LogP contribution in [-0.2, 0) is 12.1 Å². The van der Waals surface area contributed by atoms with Crippen LogP contribution in [0.1, 0.15) is 42.9 Å². The van der Waals surface area contributed by atoms with Crippen LogP contribution in [0.25, 0.3) is 0 Å². The third-order valence-corrected chi connectivity index (χ3v) is 7.33. The number of ether oxygens (including phenoxy) is 4. The minimum atomic E-state index is -4.80.